The molecule has 1 saturated heterocycles. The Balaban J connectivity index is 2.00. The molecule has 1 aromatic rings. The molecule has 0 aromatic heterocycles. The molecule has 1 amide bonds. The average molecular weight is 260 g/mol. The molecule has 1 aromatic carbocycles. The van der Waals surface area contributed by atoms with Gasteiger partial charge in [0.15, 0.2) is 0 Å². The van der Waals surface area contributed by atoms with E-state index in [1.807, 2.05) is 17.0 Å². The van der Waals surface area contributed by atoms with Crippen molar-refractivity contribution in [1.29, 1.82) is 0 Å². The Morgan fingerprint density at radius 1 is 1.11 bits per heavy atom. The maximum Gasteiger partial charge on any atom is 0.253 e. The molecular formula is C16H24N2O. The highest BCUT2D eigenvalue weighted by molar-refractivity contribution is 5.94. The van der Waals surface area contributed by atoms with Crippen molar-refractivity contribution in [2.75, 3.05) is 32.7 Å². The number of carbonyl (C=O) groups is 1. The van der Waals surface area contributed by atoms with Gasteiger partial charge in [-0.1, -0.05) is 32.9 Å². The third kappa shape index (κ3) is 3.35. The van der Waals surface area contributed by atoms with Crippen LogP contribution < -0.4 is 0 Å². The van der Waals surface area contributed by atoms with Crippen molar-refractivity contribution in [2.45, 2.75) is 26.7 Å². The summed E-state index contributed by atoms with van der Waals surface area (Å²) in [6, 6.07) is 8.06. The first-order valence-corrected chi connectivity index (χ1v) is 7.23. The topological polar surface area (TPSA) is 23.6 Å². The van der Waals surface area contributed by atoms with Gasteiger partial charge < -0.3 is 9.80 Å². The van der Waals surface area contributed by atoms with Crippen molar-refractivity contribution in [3.05, 3.63) is 35.4 Å². The van der Waals surface area contributed by atoms with Crippen molar-refractivity contribution >= 4 is 5.91 Å². The Morgan fingerprint density at radius 3 is 2.16 bits per heavy atom. The molecular weight excluding hydrogens is 236 g/mol. The smallest absolute Gasteiger partial charge is 0.253 e. The minimum Gasteiger partial charge on any atom is -0.336 e. The molecule has 3 heteroatoms. The van der Waals surface area contributed by atoms with E-state index in [1.165, 1.54) is 5.56 Å². The van der Waals surface area contributed by atoms with Crippen LogP contribution in [0.5, 0.6) is 0 Å². The number of hydrogen-bond acceptors (Lipinski definition) is 2. The van der Waals surface area contributed by atoms with E-state index >= 15 is 0 Å². The summed E-state index contributed by atoms with van der Waals surface area (Å²) in [5, 5.41) is 0. The van der Waals surface area contributed by atoms with E-state index in [9.17, 15) is 4.79 Å². The van der Waals surface area contributed by atoms with Gasteiger partial charge in [-0.2, -0.15) is 0 Å². The van der Waals surface area contributed by atoms with E-state index in [1.54, 1.807) is 0 Å². The first-order chi connectivity index (χ1) is 9.11. The van der Waals surface area contributed by atoms with Gasteiger partial charge in [-0.15, -0.1) is 0 Å². The van der Waals surface area contributed by atoms with Crippen LogP contribution in [0.15, 0.2) is 24.3 Å². The lowest BCUT2D eigenvalue weighted by Gasteiger charge is -2.34. The summed E-state index contributed by atoms with van der Waals surface area (Å²) in [7, 11) is 0. The number of carbonyl (C=O) groups excluding carboxylic acids is 1. The normalized spacial score (nSPS) is 16.9. The van der Waals surface area contributed by atoms with Crippen molar-refractivity contribution < 1.29 is 4.79 Å². The molecule has 0 N–H and O–H groups in total. The highest BCUT2D eigenvalue weighted by Crippen LogP contribution is 2.16. The van der Waals surface area contributed by atoms with Crippen LogP contribution in [0.4, 0.5) is 0 Å². The highest BCUT2D eigenvalue weighted by atomic mass is 16.2. The number of amides is 1. The predicted molar refractivity (Wildman–Crippen MR) is 78.5 cm³/mol. The summed E-state index contributed by atoms with van der Waals surface area (Å²) in [5.74, 6) is 0.684. The number of piperazine rings is 1. The highest BCUT2D eigenvalue weighted by Gasteiger charge is 2.21. The predicted octanol–water partition coefficient (Wildman–Crippen LogP) is 2.59. The van der Waals surface area contributed by atoms with Gasteiger partial charge in [0.25, 0.3) is 5.91 Å². The van der Waals surface area contributed by atoms with E-state index in [4.69, 9.17) is 0 Å². The molecule has 1 heterocycles. The van der Waals surface area contributed by atoms with E-state index in [0.717, 1.165) is 38.3 Å². The van der Waals surface area contributed by atoms with Crippen LogP contribution in [0.25, 0.3) is 0 Å². The van der Waals surface area contributed by atoms with Gasteiger partial charge in [-0.05, 0) is 30.2 Å². The zero-order valence-electron chi connectivity index (χ0n) is 12.2. The van der Waals surface area contributed by atoms with Crippen LogP contribution >= 0.6 is 0 Å². The van der Waals surface area contributed by atoms with E-state index in [2.05, 4.69) is 37.8 Å². The zero-order chi connectivity index (χ0) is 13.8. The summed E-state index contributed by atoms with van der Waals surface area (Å²) in [6.45, 7) is 11.3. The second-order valence-electron chi connectivity index (χ2n) is 5.50. The van der Waals surface area contributed by atoms with Crippen LogP contribution in [-0.2, 0) is 0 Å². The first kappa shape index (κ1) is 14.1. The van der Waals surface area contributed by atoms with Crippen LogP contribution in [-0.4, -0.2) is 48.4 Å². The van der Waals surface area contributed by atoms with Crippen molar-refractivity contribution in [1.82, 2.24) is 9.80 Å². The molecule has 0 unspecified atom stereocenters. The SMILES string of the molecule is CCN1CCN(C(=O)c2ccc(C(C)C)cc2)CC1. The average Bonchev–Trinajstić information content (AvgIpc) is 2.46. The number of benzene rings is 1. The monoisotopic (exact) mass is 260 g/mol. The number of likely N-dealkylation sites (N-methyl/N-ethyl adjacent to an activating group) is 1. The van der Waals surface area contributed by atoms with Crippen molar-refractivity contribution in [3.63, 3.8) is 0 Å². The largest absolute Gasteiger partial charge is 0.336 e. The van der Waals surface area contributed by atoms with Gasteiger partial charge in [0.1, 0.15) is 0 Å². The second-order valence-corrected chi connectivity index (χ2v) is 5.50. The van der Waals surface area contributed by atoms with E-state index in [0.29, 0.717) is 5.92 Å². The fraction of sp³-hybridized carbons (Fsp3) is 0.562. The molecule has 0 aliphatic carbocycles. The Hall–Kier alpha value is -1.35. The number of nitrogens with zero attached hydrogens (tertiary/aromatic N) is 2. The molecule has 3 nitrogen and oxygen atoms in total. The Bertz CT molecular complexity index is 417. The fourth-order valence-electron chi connectivity index (χ4n) is 2.46. The van der Waals surface area contributed by atoms with Gasteiger partial charge in [-0.25, -0.2) is 0 Å². The van der Waals surface area contributed by atoms with Gasteiger partial charge in [0.2, 0.25) is 0 Å². The molecule has 0 bridgehead atoms. The molecule has 1 aliphatic rings. The van der Waals surface area contributed by atoms with Gasteiger partial charge in [0.05, 0.1) is 0 Å². The number of rotatable bonds is 3. The summed E-state index contributed by atoms with van der Waals surface area (Å²) < 4.78 is 0. The Labute approximate surface area is 116 Å². The summed E-state index contributed by atoms with van der Waals surface area (Å²) >= 11 is 0. The minimum absolute atomic E-state index is 0.172. The zero-order valence-corrected chi connectivity index (χ0v) is 12.2. The lowest BCUT2D eigenvalue weighted by Crippen LogP contribution is -2.48. The van der Waals surface area contributed by atoms with Crippen molar-refractivity contribution in [3.8, 4) is 0 Å². The lowest BCUT2D eigenvalue weighted by molar-refractivity contribution is 0.0643. The van der Waals surface area contributed by atoms with Gasteiger partial charge >= 0.3 is 0 Å². The Morgan fingerprint density at radius 2 is 1.68 bits per heavy atom. The summed E-state index contributed by atoms with van der Waals surface area (Å²) in [5.41, 5.74) is 2.10. The van der Waals surface area contributed by atoms with Gasteiger partial charge in [-0.3, -0.25) is 4.79 Å². The van der Waals surface area contributed by atoms with Crippen molar-refractivity contribution in [2.24, 2.45) is 0 Å². The maximum atomic E-state index is 12.4. The maximum absolute atomic E-state index is 12.4. The third-order valence-corrected chi connectivity index (χ3v) is 3.93. The fourth-order valence-corrected chi connectivity index (χ4v) is 2.46. The van der Waals surface area contributed by atoms with Crippen LogP contribution in [0, 0.1) is 0 Å². The molecule has 104 valence electrons. The van der Waals surface area contributed by atoms with Crippen LogP contribution in [0.1, 0.15) is 42.6 Å². The molecule has 0 radical (unpaired) electrons. The number of hydrogen-bond donors (Lipinski definition) is 0. The standard InChI is InChI=1S/C16H24N2O/c1-4-17-9-11-18(12-10-17)16(19)15-7-5-14(6-8-15)13(2)3/h5-8,13H,4,9-12H2,1-3H3. The summed E-state index contributed by atoms with van der Waals surface area (Å²) in [4.78, 5) is 16.7. The third-order valence-electron chi connectivity index (χ3n) is 3.93. The molecule has 19 heavy (non-hydrogen) atoms. The molecule has 0 saturated carbocycles. The Kier molecular flexibility index (Phi) is 4.59. The summed E-state index contributed by atoms with van der Waals surface area (Å²) in [6.07, 6.45) is 0. The molecule has 1 aliphatic heterocycles. The first-order valence-electron chi connectivity index (χ1n) is 7.23. The molecule has 2 rings (SSSR count). The second kappa shape index (κ2) is 6.20. The van der Waals surface area contributed by atoms with Crippen LogP contribution in [0.2, 0.25) is 0 Å². The van der Waals surface area contributed by atoms with Gasteiger partial charge in [0, 0.05) is 31.7 Å². The molecule has 0 spiro atoms. The van der Waals surface area contributed by atoms with E-state index in [-0.39, 0.29) is 5.91 Å². The lowest BCUT2D eigenvalue weighted by atomic mass is 10.0. The molecule has 0 atom stereocenters. The van der Waals surface area contributed by atoms with E-state index < -0.39 is 0 Å². The van der Waals surface area contributed by atoms with Crippen LogP contribution in [0.3, 0.4) is 0 Å². The quantitative estimate of drug-likeness (QED) is 0.834. The minimum atomic E-state index is 0.172. The molecule has 1 fully saturated rings.